The summed E-state index contributed by atoms with van der Waals surface area (Å²) < 4.78 is 66.5. The number of benzene rings is 2. The molecule has 0 aliphatic heterocycles. The average molecular weight is 403 g/mol. The first-order valence-electron chi connectivity index (χ1n) is 7.14. The van der Waals surface area contributed by atoms with Crippen molar-refractivity contribution in [3.8, 4) is 11.4 Å². The van der Waals surface area contributed by atoms with E-state index in [2.05, 4.69) is 14.7 Å². The van der Waals surface area contributed by atoms with Gasteiger partial charge in [0.15, 0.2) is 9.84 Å². The van der Waals surface area contributed by atoms with Crippen LogP contribution in [0.5, 0.6) is 0 Å². The molecule has 0 spiro atoms. The Kier molecular flexibility index (Phi) is 4.76. The minimum Gasteiger partial charge on any atom is -0.329 e. The van der Waals surface area contributed by atoms with Crippen LogP contribution in [0.3, 0.4) is 0 Å². The molecule has 1 heterocycles. The van der Waals surface area contributed by atoms with Crippen molar-refractivity contribution in [3.05, 3.63) is 65.0 Å². The zero-order valence-corrected chi connectivity index (χ0v) is 14.4. The number of aromatic nitrogens is 2. The fourth-order valence-electron chi connectivity index (χ4n) is 2.20. The molecule has 0 amide bonds. The van der Waals surface area contributed by atoms with Gasteiger partial charge in [0.2, 0.25) is 5.82 Å². The van der Waals surface area contributed by atoms with Crippen molar-refractivity contribution >= 4 is 21.4 Å². The van der Waals surface area contributed by atoms with E-state index in [0.717, 1.165) is 0 Å². The van der Waals surface area contributed by atoms with Crippen molar-refractivity contribution in [2.75, 3.05) is 0 Å². The van der Waals surface area contributed by atoms with Gasteiger partial charge in [0.25, 0.3) is 0 Å². The van der Waals surface area contributed by atoms with E-state index in [1.54, 1.807) is 24.3 Å². The standard InChI is InChI=1S/C16H10ClF3N2O3S/c17-12-3-1-2-10(8-12)9-26(23,24)13-6-4-11(5-7-13)14-21-15(25-22-14)16(18,19)20/h1-8H,9H2. The topological polar surface area (TPSA) is 73.1 Å². The van der Waals surface area contributed by atoms with Crippen molar-refractivity contribution in [1.82, 2.24) is 10.1 Å². The molecule has 0 aliphatic rings. The zero-order chi connectivity index (χ0) is 18.9. The van der Waals surface area contributed by atoms with Crippen molar-refractivity contribution in [2.45, 2.75) is 16.8 Å². The molecule has 0 N–H and O–H groups in total. The lowest BCUT2D eigenvalue weighted by Gasteiger charge is -2.06. The molecule has 3 aromatic rings. The molecule has 136 valence electrons. The van der Waals surface area contributed by atoms with Gasteiger partial charge in [-0.1, -0.05) is 28.9 Å². The lowest BCUT2D eigenvalue weighted by Crippen LogP contribution is -2.05. The molecule has 0 fully saturated rings. The fraction of sp³-hybridized carbons (Fsp3) is 0.125. The van der Waals surface area contributed by atoms with Gasteiger partial charge in [-0.15, -0.1) is 0 Å². The summed E-state index contributed by atoms with van der Waals surface area (Å²) in [6.45, 7) is 0. The predicted octanol–water partition coefficient (Wildman–Crippen LogP) is 4.38. The Balaban J connectivity index is 1.83. The van der Waals surface area contributed by atoms with Crippen LogP contribution in [0.25, 0.3) is 11.4 Å². The van der Waals surface area contributed by atoms with E-state index in [0.29, 0.717) is 10.6 Å². The molecule has 5 nitrogen and oxygen atoms in total. The van der Waals surface area contributed by atoms with Crippen LogP contribution in [-0.4, -0.2) is 18.6 Å². The molecule has 26 heavy (non-hydrogen) atoms. The highest BCUT2D eigenvalue weighted by atomic mass is 35.5. The minimum atomic E-state index is -4.74. The predicted molar refractivity (Wildman–Crippen MR) is 87.1 cm³/mol. The molecule has 0 radical (unpaired) electrons. The van der Waals surface area contributed by atoms with Gasteiger partial charge in [0.05, 0.1) is 10.6 Å². The monoisotopic (exact) mass is 402 g/mol. The first-order chi connectivity index (χ1) is 12.1. The molecule has 0 saturated heterocycles. The second-order valence-electron chi connectivity index (χ2n) is 5.33. The number of hydrogen-bond acceptors (Lipinski definition) is 5. The van der Waals surface area contributed by atoms with Gasteiger partial charge in [0, 0.05) is 10.6 Å². The molecule has 1 aromatic heterocycles. The number of rotatable bonds is 4. The van der Waals surface area contributed by atoms with Crippen LogP contribution < -0.4 is 0 Å². The summed E-state index contributed by atoms with van der Waals surface area (Å²) >= 11 is 5.84. The Hall–Kier alpha value is -2.39. The van der Waals surface area contributed by atoms with Gasteiger partial charge in [-0.05, 0) is 42.0 Å². The van der Waals surface area contributed by atoms with Gasteiger partial charge in [-0.3, -0.25) is 0 Å². The molecule has 0 atom stereocenters. The Morgan fingerprint density at radius 3 is 2.35 bits per heavy atom. The normalized spacial score (nSPS) is 12.3. The maximum Gasteiger partial charge on any atom is 0.471 e. The quantitative estimate of drug-likeness (QED) is 0.647. The van der Waals surface area contributed by atoms with Crippen LogP contribution in [0.15, 0.2) is 57.9 Å². The summed E-state index contributed by atoms with van der Waals surface area (Å²) in [5.74, 6) is -2.01. The number of hydrogen-bond donors (Lipinski definition) is 0. The molecule has 3 rings (SSSR count). The molecule has 0 saturated carbocycles. The highest BCUT2D eigenvalue weighted by molar-refractivity contribution is 7.90. The minimum absolute atomic E-state index is 0.0146. The average Bonchev–Trinajstić information content (AvgIpc) is 3.05. The Morgan fingerprint density at radius 1 is 1.08 bits per heavy atom. The summed E-state index contributed by atoms with van der Waals surface area (Å²) in [7, 11) is -3.65. The highest BCUT2D eigenvalue weighted by Crippen LogP contribution is 2.29. The summed E-state index contributed by atoms with van der Waals surface area (Å²) in [4.78, 5) is 3.27. The van der Waals surface area contributed by atoms with Crippen LogP contribution in [0.2, 0.25) is 5.02 Å². The SMILES string of the molecule is O=S(=O)(Cc1cccc(Cl)c1)c1ccc(-c2noc(C(F)(F)F)n2)cc1. The van der Waals surface area contributed by atoms with Crippen LogP contribution >= 0.6 is 11.6 Å². The van der Waals surface area contributed by atoms with E-state index < -0.39 is 21.9 Å². The van der Waals surface area contributed by atoms with E-state index in [1.807, 2.05) is 0 Å². The smallest absolute Gasteiger partial charge is 0.329 e. The zero-order valence-electron chi connectivity index (χ0n) is 12.9. The van der Waals surface area contributed by atoms with Crippen LogP contribution in [0, 0.1) is 0 Å². The van der Waals surface area contributed by atoms with Gasteiger partial charge in [0.1, 0.15) is 0 Å². The number of halogens is 4. The van der Waals surface area contributed by atoms with E-state index in [1.165, 1.54) is 24.3 Å². The van der Waals surface area contributed by atoms with Gasteiger partial charge < -0.3 is 4.52 Å². The molecule has 0 bridgehead atoms. The van der Waals surface area contributed by atoms with E-state index in [-0.39, 0.29) is 22.0 Å². The Labute approximate surface area is 151 Å². The summed E-state index contributed by atoms with van der Waals surface area (Å²) in [5.41, 5.74) is 0.723. The van der Waals surface area contributed by atoms with E-state index in [4.69, 9.17) is 11.6 Å². The van der Waals surface area contributed by atoms with Crippen molar-refractivity contribution < 1.29 is 26.1 Å². The lowest BCUT2D eigenvalue weighted by molar-refractivity contribution is -0.159. The van der Waals surface area contributed by atoms with Crippen molar-refractivity contribution in [1.29, 1.82) is 0 Å². The van der Waals surface area contributed by atoms with Crippen LogP contribution in [0.4, 0.5) is 13.2 Å². The molecule has 10 heteroatoms. The van der Waals surface area contributed by atoms with E-state index in [9.17, 15) is 21.6 Å². The summed E-state index contributed by atoms with van der Waals surface area (Å²) in [6, 6.07) is 11.6. The molecule has 0 aliphatic carbocycles. The molecule has 0 unspecified atom stereocenters. The Bertz CT molecular complexity index is 1030. The summed E-state index contributed by atoms with van der Waals surface area (Å²) in [6.07, 6.45) is -4.74. The first kappa shape index (κ1) is 18.4. The highest BCUT2D eigenvalue weighted by Gasteiger charge is 2.38. The van der Waals surface area contributed by atoms with Gasteiger partial charge in [-0.2, -0.15) is 18.2 Å². The third-order valence-corrected chi connectivity index (χ3v) is 5.32. The fourth-order valence-corrected chi connectivity index (χ4v) is 3.75. The maximum absolute atomic E-state index is 12.5. The third-order valence-electron chi connectivity index (χ3n) is 3.39. The van der Waals surface area contributed by atoms with Crippen molar-refractivity contribution in [3.63, 3.8) is 0 Å². The van der Waals surface area contributed by atoms with Gasteiger partial charge >= 0.3 is 12.1 Å². The number of nitrogens with zero attached hydrogens (tertiary/aromatic N) is 2. The van der Waals surface area contributed by atoms with Crippen molar-refractivity contribution in [2.24, 2.45) is 0 Å². The molecular weight excluding hydrogens is 393 g/mol. The molecule has 2 aromatic carbocycles. The molecular formula is C16H10ClF3N2O3S. The summed E-state index contributed by atoms with van der Waals surface area (Å²) in [5, 5.41) is 3.67. The van der Waals surface area contributed by atoms with E-state index >= 15 is 0 Å². The van der Waals surface area contributed by atoms with Gasteiger partial charge in [-0.25, -0.2) is 8.42 Å². The maximum atomic E-state index is 12.5. The third kappa shape index (κ3) is 4.05. The van der Waals surface area contributed by atoms with Crippen LogP contribution in [0.1, 0.15) is 11.5 Å². The second kappa shape index (κ2) is 6.73. The lowest BCUT2D eigenvalue weighted by atomic mass is 10.2. The second-order valence-corrected chi connectivity index (χ2v) is 7.76. The number of alkyl halides is 3. The largest absolute Gasteiger partial charge is 0.471 e. The first-order valence-corrected chi connectivity index (χ1v) is 9.17. The Morgan fingerprint density at radius 2 is 1.77 bits per heavy atom. The van der Waals surface area contributed by atoms with Crippen LogP contribution in [-0.2, 0) is 21.8 Å². The number of sulfone groups is 1.